The van der Waals surface area contributed by atoms with E-state index in [9.17, 15) is 9.90 Å². The fourth-order valence-electron chi connectivity index (χ4n) is 2.48. The molecular weight excluding hydrogens is 312 g/mol. The van der Waals surface area contributed by atoms with E-state index in [4.69, 9.17) is 19.3 Å². The van der Waals surface area contributed by atoms with Gasteiger partial charge in [0.25, 0.3) is 0 Å². The lowest BCUT2D eigenvalue weighted by Gasteiger charge is -2.14. The van der Waals surface area contributed by atoms with Crippen molar-refractivity contribution in [3.8, 4) is 23.0 Å². The minimum atomic E-state index is -1.15. The highest BCUT2D eigenvalue weighted by molar-refractivity contribution is 5.90. The SMILES string of the molecule is COc1cc(CCc2ccc(O)c(C(=O)O)c2)cc(OC)c1OC. The molecule has 0 unspecified atom stereocenters. The number of aromatic carboxylic acids is 1. The molecule has 0 atom stereocenters. The molecule has 0 amide bonds. The van der Waals surface area contributed by atoms with Crippen molar-refractivity contribution in [1.29, 1.82) is 0 Å². The summed E-state index contributed by atoms with van der Waals surface area (Å²) < 4.78 is 15.9. The van der Waals surface area contributed by atoms with Crippen LogP contribution in [0, 0.1) is 0 Å². The van der Waals surface area contributed by atoms with Crippen LogP contribution in [0.1, 0.15) is 21.5 Å². The van der Waals surface area contributed by atoms with Gasteiger partial charge in [0.15, 0.2) is 11.5 Å². The van der Waals surface area contributed by atoms with Gasteiger partial charge in [0.05, 0.1) is 21.3 Å². The van der Waals surface area contributed by atoms with Gasteiger partial charge in [-0.3, -0.25) is 0 Å². The second kappa shape index (κ2) is 7.59. The number of hydrogen-bond donors (Lipinski definition) is 2. The second-order valence-electron chi connectivity index (χ2n) is 5.19. The van der Waals surface area contributed by atoms with Crippen LogP contribution in [-0.4, -0.2) is 37.5 Å². The smallest absolute Gasteiger partial charge is 0.339 e. The monoisotopic (exact) mass is 332 g/mol. The molecule has 24 heavy (non-hydrogen) atoms. The lowest BCUT2D eigenvalue weighted by atomic mass is 10.0. The quantitative estimate of drug-likeness (QED) is 0.811. The van der Waals surface area contributed by atoms with Crippen molar-refractivity contribution in [2.24, 2.45) is 0 Å². The van der Waals surface area contributed by atoms with Crippen molar-refractivity contribution in [1.82, 2.24) is 0 Å². The second-order valence-corrected chi connectivity index (χ2v) is 5.19. The van der Waals surface area contributed by atoms with E-state index in [1.54, 1.807) is 27.4 Å². The molecule has 0 aliphatic heterocycles. The first kappa shape index (κ1) is 17.5. The van der Waals surface area contributed by atoms with E-state index in [0.29, 0.717) is 30.1 Å². The summed E-state index contributed by atoms with van der Waals surface area (Å²) in [5.41, 5.74) is 1.69. The van der Waals surface area contributed by atoms with Crippen LogP contribution in [-0.2, 0) is 12.8 Å². The van der Waals surface area contributed by atoms with Gasteiger partial charge in [-0.05, 0) is 48.2 Å². The number of phenols is 1. The molecule has 2 rings (SSSR count). The molecule has 0 fully saturated rings. The summed E-state index contributed by atoms with van der Waals surface area (Å²) in [5.74, 6) is 0.287. The molecule has 0 aliphatic rings. The zero-order chi connectivity index (χ0) is 17.7. The third kappa shape index (κ3) is 3.71. The van der Waals surface area contributed by atoms with Gasteiger partial charge < -0.3 is 24.4 Å². The van der Waals surface area contributed by atoms with E-state index in [2.05, 4.69) is 0 Å². The summed E-state index contributed by atoms with van der Waals surface area (Å²) in [6, 6.07) is 8.31. The molecule has 0 aromatic heterocycles. The van der Waals surface area contributed by atoms with Gasteiger partial charge >= 0.3 is 5.97 Å². The highest BCUT2D eigenvalue weighted by Gasteiger charge is 2.14. The van der Waals surface area contributed by atoms with E-state index < -0.39 is 5.97 Å². The lowest BCUT2D eigenvalue weighted by Crippen LogP contribution is -2.00. The molecule has 2 N–H and O–H groups in total. The summed E-state index contributed by atoms with van der Waals surface area (Å²) in [5, 5.41) is 18.6. The molecule has 0 heterocycles. The van der Waals surface area contributed by atoms with Gasteiger partial charge in [-0.1, -0.05) is 6.07 Å². The summed E-state index contributed by atoms with van der Waals surface area (Å²) in [6.07, 6.45) is 1.26. The molecule has 0 radical (unpaired) electrons. The molecule has 0 aliphatic carbocycles. The minimum Gasteiger partial charge on any atom is -0.507 e. The molecular formula is C18H20O6. The van der Waals surface area contributed by atoms with E-state index in [-0.39, 0.29) is 11.3 Å². The number of carbonyl (C=O) groups is 1. The van der Waals surface area contributed by atoms with Crippen LogP contribution >= 0.6 is 0 Å². The van der Waals surface area contributed by atoms with Crippen molar-refractivity contribution in [2.75, 3.05) is 21.3 Å². The molecule has 0 spiro atoms. The maximum atomic E-state index is 11.1. The van der Waals surface area contributed by atoms with Crippen molar-refractivity contribution in [2.45, 2.75) is 12.8 Å². The molecule has 6 heteroatoms. The third-order valence-corrected chi connectivity index (χ3v) is 3.72. The molecule has 0 bridgehead atoms. The van der Waals surface area contributed by atoms with Crippen LogP contribution in [0.5, 0.6) is 23.0 Å². The molecule has 2 aromatic carbocycles. The Labute approximate surface area is 140 Å². The Bertz CT molecular complexity index is 713. The third-order valence-electron chi connectivity index (χ3n) is 3.72. The van der Waals surface area contributed by atoms with E-state index >= 15 is 0 Å². The average Bonchev–Trinajstić information content (AvgIpc) is 2.59. The zero-order valence-electron chi connectivity index (χ0n) is 13.8. The normalized spacial score (nSPS) is 10.3. The summed E-state index contributed by atoms with van der Waals surface area (Å²) >= 11 is 0. The van der Waals surface area contributed by atoms with E-state index in [1.165, 1.54) is 12.1 Å². The molecule has 6 nitrogen and oxygen atoms in total. The topological polar surface area (TPSA) is 85.2 Å². The van der Waals surface area contributed by atoms with Gasteiger partial charge in [0, 0.05) is 0 Å². The molecule has 0 saturated carbocycles. The zero-order valence-corrected chi connectivity index (χ0v) is 13.8. The van der Waals surface area contributed by atoms with Crippen LogP contribution in [0.4, 0.5) is 0 Å². The fourth-order valence-corrected chi connectivity index (χ4v) is 2.48. The lowest BCUT2D eigenvalue weighted by molar-refractivity contribution is 0.0693. The van der Waals surface area contributed by atoms with Gasteiger partial charge in [0.1, 0.15) is 11.3 Å². The largest absolute Gasteiger partial charge is 0.507 e. The van der Waals surface area contributed by atoms with Crippen molar-refractivity contribution < 1.29 is 29.2 Å². The van der Waals surface area contributed by atoms with Gasteiger partial charge in [-0.15, -0.1) is 0 Å². The minimum absolute atomic E-state index is 0.0996. The fraction of sp³-hybridized carbons (Fsp3) is 0.278. The Balaban J connectivity index is 2.23. The number of ether oxygens (including phenoxy) is 3. The molecule has 128 valence electrons. The number of rotatable bonds is 7. The highest BCUT2D eigenvalue weighted by atomic mass is 16.5. The number of benzene rings is 2. The Morgan fingerprint density at radius 1 is 0.917 bits per heavy atom. The van der Waals surface area contributed by atoms with Crippen LogP contribution in [0.2, 0.25) is 0 Å². The van der Waals surface area contributed by atoms with E-state index in [1.807, 2.05) is 12.1 Å². The Morgan fingerprint density at radius 2 is 1.50 bits per heavy atom. The first-order chi connectivity index (χ1) is 11.5. The Hall–Kier alpha value is -2.89. The van der Waals surface area contributed by atoms with Crippen molar-refractivity contribution in [3.05, 3.63) is 47.0 Å². The van der Waals surface area contributed by atoms with Crippen LogP contribution in [0.3, 0.4) is 0 Å². The Kier molecular flexibility index (Phi) is 5.52. The number of aromatic hydroxyl groups is 1. The predicted octanol–water partition coefficient (Wildman–Crippen LogP) is 2.90. The van der Waals surface area contributed by atoms with Gasteiger partial charge in [0.2, 0.25) is 5.75 Å². The Morgan fingerprint density at radius 3 is 2.00 bits per heavy atom. The average molecular weight is 332 g/mol. The summed E-state index contributed by atoms with van der Waals surface area (Å²) in [6.45, 7) is 0. The number of aryl methyl sites for hydroxylation is 2. The van der Waals surface area contributed by atoms with Crippen molar-refractivity contribution in [3.63, 3.8) is 0 Å². The number of carboxylic acid groups (broad SMARTS) is 1. The predicted molar refractivity (Wildman–Crippen MR) is 88.6 cm³/mol. The van der Waals surface area contributed by atoms with Crippen LogP contribution in [0.15, 0.2) is 30.3 Å². The van der Waals surface area contributed by atoms with Crippen LogP contribution in [0.25, 0.3) is 0 Å². The van der Waals surface area contributed by atoms with Gasteiger partial charge in [-0.2, -0.15) is 0 Å². The number of carboxylic acids is 1. The number of hydrogen-bond acceptors (Lipinski definition) is 5. The van der Waals surface area contributed by atoms with Gasteiger partial charge in [-0.25, -0.2) is 4.79 Å². The first-order valence-electron chi connectivity index (χ1n) is 7.34. The maximum Gasteiger partial charge on any atom is 0.339 e. The maximum absolute atomic E-state index is 11.1. The molecule has 0 saturated heterocycles. The summed E-state index contributed by atoms with van der Waals surface area (Å²) in [4.78, 5) is 11.1. The highest BCUT2D eigenvalue weighted by Crippen LogP contribution is 2.38. The number of methoxy groups -OCH3 is 3. The standard InChI is InChI=1S/C18H20O6/c1-22-15-9-12(10-16(23-2)17(15)24-3)5-4-11-6-7-14(19)13(8-11)18(20)21/h6-10,19H,4-5H2,1-3H3,(H,20,21). The van der Waals surface area contributed by atoms with E-state index in [0.717, 1.165) is 11.1 Å². The molecule has 2 aromatic rings. The van der Waals surface area contributed by atoms with Crippen molar-refractivity contribution >= 4 is 5.97 Å². The van der Waals surface area contributed by atoms with Crippen LogP contribution < -0.4 is 14.2 Å². The summed E-state index contributed by atoms with van der Waals surface area (Å²) in [7, 11) is 4.66. The first-order valence-corrected chi connectivity index (χ1v) is 7.34.